The third kappa shape index (κ3) is 2.96. The fraction of sp³-hybridized carbons (Fsp3) is 0.500. The van der Waals surface area contributed by atoms with E-state index in [0.717, 1.165) is 12.1 Å². The number of benzene rings is 1. The van der Waals surface area contributed by atoms with Crippen molar-refractivity contribution >= 4 is 23.2 Å². The van der Waals surface area contributed by atoms with Crippen LogP contribution >= 0.6 is 11.6 Å². The van der Waals surface area contributed by atoms with Gasteiger partial charge in [-0.1, -0.05) is 18.5 Å². The van der Waals surface area contributed by atoms with Gasteiger partial charge in [-0.25, -0.2) is 0 Å². The van der Waals surface area contributed by atoms with Gasteiger partial charge in [0.15, 0.2) is 0 Å². The fourth-order valence-corrected chi connectivity index (χ4v) is 1.78. The summed E-state index contributed by atoms with van der Waals surface area (Å²) >= 11 is 5.97. The van der Waals surface area contributed by atoms with Crippen molar-refractivity contribution in [3.8, 4) is 0 Å². The lowest BCUT2D eigenvalue weighted by Gasteiger charge is -2.35. The van der Waals surface area contributed by atoms with Crippen LogP contribution in [0.3, 0.4) is 0 Å². The topological polar surface area (TPSA) is 32.3 Å². The number of nitrogens with zero attached hydrogens (tertiary/aromatic N) is 1. The molecule has 1 aromatic rings. The first-order valence-corrected chi connectivity index (χ1v) is 6.46. The van der Waals surface area contributed by atoms with Gasteiger partial charge in [0.1, 0.15) is 0 Å². The van der Waals surface area contributed by atoms with Crippen LogP contribution in [0.2, 0.25) is 5.02 Å². The molecule has 4 heteroatoms. The Morgan fingerprint density at radius 3 is 2.56 bits per heavy atom. The van der Waals surface area contributed by atoms with Gasteiger partial charge >= 0.3 is 0 Å². The zero-order chi connectivity index (χ0) is 13.9. The first-order chi connectivity index (χ1) is 8.33. The van der Waals surface area contributed by atoms with Crippen LogP contribution in [0.5, 0.6) is 0 Å². The van der Waals surface area contributed by atoms with Gasteiger partial charge in [0, 0.05) is 30.3 Å². The number of hydrogen-bond acceptors (Lipinski definition) is 2. The molecule has 1 rings (SSSR count). The lowest BCUT2D eigenvalue weighted by Crippen LogP contribution is -2.44. The molecule has 100 valence electrons. The minimum Gasteiger partial charge on any atom is -0.387 e. The molecule has 0 radical (unpaired) electrons. The smallest absolute Gasteiger partial charge is 0.256 e. The van der Waals surface area contributed by atoms with Crippen molar-refractivity contribution in [2.24, 2.45) is 0 Å². The van der Waals surface area contributed by atoms with E-state index in [1.807, 2.05) is 13.1 Å². The van der Waals surface area contributed by atoms with Crippen LogP contribution in [0.1, 0.15) is 37.6 Å². The molecule has 0 unspecified atom stereocenters. The molecular formula is C14H21ClN2O. The molecule has 1 aromatic carbocycles. The van der Waals surface area contributed by atoms with Gasteiger partial charge in [0.05, 0.1) is 5.56 Å². The second-order valence-corrected chi connectivity index (χ2v) is 5.41. The number of carbonyl (C=O) groups excluding carboxylic acids is 1. The highest BCUT2D eigenvalue weighted by atomic mass is 35.5. The highest BCUT2D eigenvalue weighted by Crippen LogP contribution is 2.25. The summed E-state index contributed by atoms with van der Waals surface area (Å²) in [6, 6.07) is 5.30. The Labute approximate surface area is 114 Å². The van der Waals surface area contributed by atoms with Gasteiger partial charge in [0.2, 0.25) is 0 Å². The van der Waals surface area contributed by atoms with Crippen LogP contribution in [-0.4, -0.2) is 30.4 Å². The van der Waals surface area contributed by atoms with Crippen LogP contribution in [0.15, 0.2) is 18.2 Å². The van der Waals surface area contributed by atoms with Crippen molar-refractivity contribution in [3.63, 3.8) is 0 Å². The van der Waals surface area contributed by atoms with Crippen LogP contribution in [0.25, 0.3) is 0 Å². The Kier molecular flexibility index (Phi) is 4.63. The van der Waals surface area contributed by atoms with Crippen molar-refractivity contribution in [2.75, 3.05) is 19.4 Å². The second kappa shape index (κ2) is 5.61. The minimum absolute atomic E-state index is 0.0197. The average molecular weight is 269 g/mol. The van der Waals surface area contributed by atoms with Crippen LogP contribution in [0, 0.1) is 0 Å². The average Bonchev–Trinajstić information content (AvgIpc) is 2.36. The standard InChI is InChI=1S/C14H21ClN2O/c1-6-14(2,3)17(5)13(18)11-9-10(15)7-8-12(11)16-4/h7-9,16H,6H2,1-5H3. The monoisotopic (exact) mass is 268 g/mol. The van der Waals surface area contributed by atoms with Crippen LogP contribution in [-0.2, 0) is 0 Å². The van der Waals surface area contributed by atoms with E-state index in [0.29, 0.717) is 10.6 Å². The molecule has 0 atom stereocenters. The summed E-state index contributed by atoms with van der Waals surface area (Å²) in [5.41, 5.74) is 1.22. The maximum absolute atomic E-state index is 12.5. The van der Waals surface area contributed by atoms with E-state index < -0.39 is 0 Å². The van der Waals surface area contributed by atoms with E-state index in [1.54, 1.807) is 24.1 Å². The molecular weight excluding hydrogens is 248 g/mol. The molecule has 18 heavy (non-hydrogen) atoms. The number of hydrogen-bond donors (Lipinski definition) is 1. The van der Waals surface area contributed by atoms with Crippen molar-refractivity contribution in [1.29, 1.82) is 0 Å². The third-order valence-electron chi connectivity index (χ3n) is 3.56. The summed E-state index contributed by atoms with van der Waals surface area (Å²) in [5.74, 6) is -0.0197. The second-order valence-electron chi connectivity index (χ2n) is 4.97. The molecule has 0 bridgehead atoms. The summed E-state index contributed by atoms with van der Waals surface area (Å²) in [7, 11) is 3.62. The van der Waals surface area contributed by atoms with E-state index >= 15 is 0 Å². The quantitative estimate of drug-likeness (QED) is 0.904. The molecule has 0 saturated heterocycles. The van der Waals surface area contributed by atoms with Gasteiger partial charge in [-0.2, -0.15) is 0 Å². The van der Waals surface area contributed by atoms with Gasteiger partial charge in [-0.15, -0.1) is 0 Å². The van der Waals surface area contributed by atoms with E-state index in [-0.39, 0.29) is 11.4 Å². The number of amides is 1. The zero-order valence-corrected chi connectivity index (χ0v) is 12.4. The lowest BCUT2D eigenvalue weighted by molar-refractivity contribution is 0.0621. The van der Waals surface area contributed by atoms with Crippen molar-refractivity contribution in [2.45, 2.75) is 32.7 Å². The molecule has 0 aliphatic carbocycles. The molecule has 3 nitrogen and oxygen atoms in total. The Bertz CT molecular complexity index is 443. The SMILES string of the molecule is CCC(C)(C)N(C)C(=O)c1cc(Cl)ccc1NC. The van der Waals surface area contributed by atoms with E-state index in [2.05, 4.69) is 26.1 Å². The molecule has 1 N–H and O–H groups in total. The molecule has 0 fully saturated rings. The minimum atomic E-state index is -0.176. The van der Waals surface area contributed by atoms with Gasteiger partial charge in [-0.3, -0.25) is 4.79 Å². The van der Waals surface area contributed by atoms with E-state index in [4.69, 9.17) is 11.6 Å². The summed E-state index contributed by atoms with van der Waals surface area (Å²) in [4.78, 5) is 14.3. The Hall–Kier alpha value is -1.22. The third-order valence-corrected chi connectivity index (χ3v) is 3.79. The number of halogens is 1. The normalized spacial score (nSPS) is 11.2. The maximum atomic E-state index is 12.5. The first-order valence-electron chi connectivity index (χ1n) is 6.09. The highest BCUT2D eigenvalue weighted by Gasteiger charge is 2.27. The summed E-state index contributed by atoms with van der Waals surface area (Å²) in [6.45, 7) is 6.17. The fourth-order valence-electron chi connectivity index (χ4n) is 1.60. The maximum Gasteiger partial charge on any atom is 0.256 e. The molecule has 0 spiro atoms. The van der Waals surface area contributed by atoms with Crippen molar-refractivity contribution in [1.82, 2.24) is 4.90 Å². The molecule has 0 aliphatic rings. The van der Waals surface area contributed by atoms with E-state index in [9.17, 15) is 4.79 Å². The molecule has 0 aromatic heterocycles. The number of nitrogens with one attached hydrogen (secondary N) is 1. The molecule has 0 heterocycles. The van der Waals surface area contributed by atoms with Crippen LogP contribution in [0.4, 0.5) is 5.69 Å². The molecule has 0 aliphatic heterocycles. The Morgan fingerprint density at radius 2 is 2.06 bits per heavy atom. The van der Waals surface area contributed by atoms with Gasteiger partial charge in [0.25, 0.3) is 5.91 Å². The molecule has 1 amide bonds. The van der Waals surface area contributed by atoms with Crippen LogP contribution < -0.4 is 5.32 Å². The van der Waals surface area contributed by atoms with E-state index in [1.165, 1.54) is 0 Å². The summed E-state index contributed by atoms with van der Waals surface area (Å²) in [6.07, 6.45) is 0.894. The molecule has 0 saturated carbocycles. The lowest BCUT2D eigenvalue weighted by atomic mass is 9.98. The van der Waals surface area contributed by atoms with Gasteiger partial charge < -0.3 is 10.2 Å². The zero-order valence-electron chi connectivity index (χ0n) is 11.7. The number of anilines is 1. The predicted octanol–water partition coefficient (Wildman–Crippen LogP) is 3.64. The Balaban J connectivity index is 3.14. The largest absolute Gasteiger partial charge is 0.387 e. The summed E-state index contributed by atoms with van der Waals surface area (Å²) in [5, 5.41) is 3.59. The predicted molar refractivity (Wildman–Crippen MR) is 77.5 cm³/mol. The Morgan fingerprint density at radius 1 is 1.44 bits per heavy atom. The highest BCUT2D eigenvalue weighted by molar-refractivity contribution is 6.31. The van der Waals surface area contributed by atoms with Crippen molar-refractivity contribution in [3.05, 3.63) is 28.8 Å². The number of rotatable bonds is 4. The first kappa shape index (κ1) is 14.8. The number of carbonyl (C=O) groups is 1. The van der Waals surface area contributed by atoms with Gasteiger partial charge in [-0.05, 0) is 38.5 Å². The summed E-state index contributed by atoms with van der Waals surface area (Å²) < 4.78 is 0. The van der Waals surface area contributed by atoms with Crippen molar-refractivity contribution < 1.29 is 4.79 Å².